The summed E-state index contributed by atoms with van der Waals surface area (Å²) in [4.78, 5) is 11.3. The molecule has 1 heterocycles. The van der Waals surface area contributed by atoms with Crippen LogP contribution in [0.4, 0.5) is 5.69 Å². The van der Waals surface area contributed by atoms with Gasteiger partial charge < -0.3 is 10.6 Å². The van der Waals surface area contributed by atoms with Crippen LogP contribution in [0.1, 0.15) is 52.1 Å². The predicted octanol–water partition coefficient (Wildman–Crippen LogP) is 2.54. The van der Waals surface area contributed by atoms with Crippen LogP contribution in [-0.4, -0.2) is 23.1 Å². The first kappa shape index (κ1) is 14.9. The van der Waals surface area contributed by atoms with E-state index in [9.17, 15) is 0 Å². The zero-order valence-corrected chi connectivity index (χ0v) is 12.3. The van der Waals surface area contributed by atoms with Crippen molar-refractivity contribution in [3.63, 3.8) is 0 Å². The molecule has 0 aliphatic rings. The second kappa shape index (κ2) is 6.69. The number of hydrogen-bond acceptors (Lipinski definition) is 4. The summed E-state index contributed by atoms with van der Waals surface area (Å²) >= 11 is 0. The van der Waals surface area contributed by atoms with Gasteiger partial charge in [0, 0.05) is 25.6 Å². The molecule has 0 unspecified atom stereocenters. The van der Waals surface area contributed by atoms with E-state index in [1.807, 2.05) is 6.20 Å². The van der Waals surface area contributed by atoms with Crippen molar-refractivity contribution in [3.05, 3.63) is 17.7 Å². The van der Waals surface area contributed by atoms with Crippen molar-refractivity contribution in [1.82, 2.24) is 9.97 Å². The molecule has 0 radical (unpaired) electrons. The number of nitrogens with zero attached hydrogens (tertiary/aromatic N) is 3. The van der Waals surface area contributed by atoms with E-state index in [0.717, 1.165) is 30.3 Å². The Bertz CT molecular complexity index is 374. The third kappa shape index (κ3) is 3.67. The maximum atomic E-state index is 5.83. The van der Waals surface area contributed by atoms with E-state index in [1.54, 1.807) is 0 Å². The van der Waals surface area contributed by atoms with Gasteiger partial charge in [0.1, 0.15) is 5.82 Å². The van der Waals surface area contributed by atoms with E-state index < -0.39 is 0 Å². The first-order chi connectivity index (χ1) is 8.49. The average molecular weight is 250 g/mol. The van der Waals surface area contributed by atoms with E-state index in [4.69, 9.17) is 5.73 Å². The Morgan fingerprint density at radius 1 is 1.28 bits per heavy atom. The normalized spacial score (nSPS) is 11.3. The highest BCUT2D eigenvalue weighted by molar-refractivity contribution is 5.49. The van der Waals surface area contributed by atoms with Crippen molar-refractivity contribution in [3.8, 4) is 0 Å². The lowest BCUT2D eigenvalue weighted by Crippen LogP contribution is -2.29. The van der Waals surface area contributed by atoms with Gasteiger partial charge in [-0.1, -0.05) is 27.7 Å². The van der Waals surface area contributed by atoms with Crippen LogP contribution in [0.15, 0.2) is 6.20 Å². The molecule has 4 heteroatoms. The zero-order chi connectivity index (χ0) is 13.7. The summed E-state index contributed by atoms with van der Waals surface area (Å²) in [7, 11) is 0. The summed E-state index contributed by atoms with van der Waals surface area (Å²) in [6.07, 6.45) is 1.93. The Kier molecular flexibility index (Phi) is 5.54. The molecule has 102 valence electrons. The Balaban J connectivity index is 3.06. The fourth-order valence-electron chi connectivity index (χ4n) is 1.96. The van der Waals surface area contributed by atoms with Gasteiger partial charge >= 0.3 is 0 Å². The lowest BCUT2D eigenvalue weighted by molar-refractivity contribution is 0.613. The number of aromatic nitrogens is 2. The Morgan fingerprint density at radius 3 is 2.39 bits per heavy atom. The van der Waals surface area contributed by atoms with Gasteiger partial charge in [0.15, 0.2) is 0 Å². The Labute approximate surface area is 111 Å². The third-order valence-electron chi connectivity index (χ3n) is 2.88. The minimum Gasteiger partial charge on any atom is -0.369 e. The fraction of sp³-hybridized carbons (Fsp3) is 0.714. The van der Waals surface area contributed by atoms with Gasteiger partial charge in [-0.25, -0.2) is 9.97 Å². The second-order valence-electron chi connectivity index (χ2n) is 5.35. The molecule has 2 N–H and O–H groups in total. The van der Waals surface area contributed by atoms with Gasteiger partial charge in [-0.3, -0.25) is 0 Å². The second-order valence-corrected chi connectivity index (χ2v) is 5.35. The molecule has 1 rings (SSSR count). The number of anilines is 1. The first-order valence-corrected chi connectivity index (χ1v) is 6.80. The van der Waals surface area contributed by atoms with E-state index in [2.05, 4.69) is 49.5 Å². The molecule has 0 saturated heterocycles. The zero-order valence-electron chi connectivity index (χ0n) is 12.3. The lowest BCUT2D eigenvalue weighted by Gasteiger charge is -2.26. The molecule has 0 atom stereocenters. The van der Waals surface area contributed by atoms with Crippen LogP contribution in [0.2, 0.25) is 0 Å². The highest BCUT2D eigenvalue weighted by Gasteiger charge is 2.14. The predicted molar refractivity (Wildman–Crippen MR) is 76.7 cm³/mol. The van der Waals surface area contributed by atoms with Gasteiger partial charge in [0.25, 0.3) is 0 Å². The van der Waals surface area contributed by atoms with Crippen molar-refractivity contribution >= 4 is 5.69 Å². The molecule has 4 nitrogen and oxygen atoms in total. The molecule has 0 bridgehead atoms. The largest absolute Gasteiger partial charge is 0.369 e. The van der Waals surface area contributed by atoms with Gasteiger partial charge in [0.05, 0.1) is 17.6 Å². The summed E-state index contributed by atoms with van der Waals surface area (Å²) in [5.74, 6) is 1.82. The number of hydrogen-bond donors (Lipinski definition) is 1. The Hall–Kier alpha value is -1.16. The molecule has 0 aliphatic carbocycles. The molecule has 18 heavy (non-hydrogen) atoms. The van der Waals surface area contributed by atoms with Crippen LogP contribution in [0, 0.1) is 5.92 Å². The molecule has 1 aromatic heterocycles. The maximum Gasteiger partial charge on any atom is 0.131 e. The van der Waals surface area contributed by atoms with Crippen LogP contribution in [0.5, 0.6) is 0 Å². The van der Waals surface area contributed by atoms with Crippen LogP contribution in [0.3, 0.4) is 0 Å². The van der Waals surface area contributed by atoms with Gasteiger partial charge in [-0.05, 0) is 12.8 Å². The Morgan fingerprint density at radius 2 is 1.94 bits per heavy atom. The highest BCUT2D eigenvalue weighted by Crippen LogP contribution is 2.21. The van der Waals surface area contributed by atoms with Gasteiger partial charge in [-0.15, -0.1) is 0 Å². The van der Waals surface area contributed by atoms with Crippen LogP contribution >= 0.6 is 0 Å². The van der Waals surface area contributed by atoms with Crippen LogP contribution in [-0.2, 0) is 6.54 Å². The average Bonchev–Trinajstić information content (AvgIpc) is 2.34. The van der Waals surface area contributed by atoms with Crippen molar-refractivity contribution in [2.45, 2.75) is 47.1 Å². The summed E-state index contributed by atoms with van der Waals surface area (Å²) in [6.45, 7) is 13.2. The van der Waals surface area contributed by atoms with E-state index in [1.165, 1.54) is 0 Å². The summed E-state index contributed by atoms with van der Waals surface area (Å²) in [6, 6.07) is 0. The topological polar surface area (TPSA) is 55.0 Å². The molecule has 0 amide bonds. The smallest absolute Gasteiger partial charge is 0.131 e. The molecule has 0 aromatic carbocycles. The van der Waals surface area contributed by atoms with E-state index >= 15 is 0 Å². The van der Waals surface area contributed by atoms with Crippen molar-refractivity contribution < 1.29 is 0 Å². The summed E-state index contributed by atoms with van der Waals surface area (Å²) < 4.78 is 0. The van der Waals surface area contributed by atoms with Crippen molar-refractivity contribution in [2.75, 3.05) is 18.0 Å². The van der Waals surface area contributed by atoms with Gasteiger partial charge in [-0.2, -0.15) is 0 Å². The maximum absolute atomic E-state index is 5.83. The monoisotopic (exact) mass is 250 g/mol. The minimum absolute atomic E-state index is 0.338. The van der Waals surface area contributed by atoms with Crippen molar-refractivity contribution in [1.29, 1.82) is 0 Å². The molecule has 0 aliphatic heterocycles. The summed E-state index contributed by atoms with van der Waals surface area (Å²) in [5, 5.41) is 0. The molecule has 0 spiro atoms. The minimum atomic E-state index is 0.338. The van der Waals surface area contributed by atoms with E-state index in [0.29, 0.717) is 18.4 Å². The van der Waals surface area contributed by atoms with Crippen LogP contribution < -0.4 is 10.6 Å². The standard InChI is InChI=1S/C14H26N4/c1-6-18(9-10(2)3)13-8-16-14(11(4)5)17-12(13)7-15/h8,10-11H,6-7,9,15H2,1-5H3. The fourth-order valence-corrected chi connectivity index (χ4v) is 1.96. The van der Waals surface area contributed by atoms with Crippen LogP contribution in [0.25, 0.3) is 0 Å². The van der Waals surface area contributed by atoms with Gasteiger partial charge in [0.2, 0.25) is 0 Å². The molecule has 1 aromatic rings. The molecular weight excluding hydrogens is 224 g/mol. The summed E-state index contributed by atoms with van der Waals surface area (Å²) in [5.41, 5.74) is 7.86. The quantitative estimate of drug-likeness (QED) is 0.843. The third-order valence-corrected chi connectivity index (χ3v) is 2.88. The lowest BCUT2D eigenvalue weighted by atomic mass is 10.1. The number of rotatable bonds is 6. The van der Waals surface area contributed by atoms with Crippen molar-refractivity contribution in [2.24, 2.45) is 11.7 Å². The number of nitrogens with two attached hydrogens (primary N) is 1. The van der Waals surface area contributed by atoms with E-state index in [-0.39, 0.29) is 0 Å². The molecule has 0 fully saturated rings. The molecule has 0 saturated carbocycles. The SMILES string of the molecule is CCN(CC(C)C)c1cnc(C(C)C)nc1CN. The molecular formula is C14H26N4. The first-order valence-electron chi connectivity index (χ1n) is 6.80. The highest BCUT2D eigenvalue weighted by atomic mass is 15.1.